The molecule has 2 aliphatic rings. The first kappa shape index (κ1) is 22.7. The number of nitrogens with one attached hydrogen (secondary N) is 1. The maximum Gasteiger partial charge on any atom is 0.431 e. The van der Waals surface area contributed by atoms with E-state index in [4.69, 9.17) is 4.74 Å². The summed E-state index contributed by atoms with van der Waals surface area (Å²) in [4.78, 5) is 14.9. The van der Waals surface area contributed by atoms with Gasteiger partial charge in [-0.2, -0.15) is 13.2 Å². The molecule has 32 heavy (non-hydrogen) atoms. The normalized spacial score (nSPS) is 20.5. The molecule has 0 bridgehead atoms. The molecular weight excluding hydrogens is 419 g/mol. The molecule has 1 spiro atoms. The minimum absolute atomic E-state index is 0. The molecule has 1 unspecified atom stereocenters. The van der Waals surface area contributed by atoms with Gasteiger partial charge >= 0.3 is 6.18 Å². The van der Waals surface area contributed by atoms with E-state index in [0.29, 0.717) is 37.2 Å². The fourth-order valence-corrected chi connectivity index (χ4v) is 5.04. The molecule has 1 atom stereocenters. The molecule has 1 saturated heterocycles. The van der Waals surface area contributed by atoms with Crippen molar-refractivity contribution in [2.24, 2.45) is 0 Å². The minimum atomic E-state index is -4.38. The summed E-state index contributed by atoms with van der Waals surface area (Å²) >= 11 is 0. The Morgan fingerprint density at radius 3 is 2.50 bits per heavy atom. The summed E-state index contributed by atoms with van der Waals surface area (Å²) in [5.41, 5.74) is 1.02. The molecule has 0 radical (unpaired) electrons. The highest BCUT2D eigenvalue weighted by Gasteiger charge is 2.46. The van der Waals surface area contributed by atoms with E-state index in [-0.39, 0.29) is 26.0 Å². The predicted octanol–water partition coefficient (Wildman–Crippen LogP) is 4.97. The number of amides is 1. The molecule has 5 nitrogen and oxygen atoms in total. The van der Waals surface area contributed by atoms with Crippen LogP contribution in [0.5, 0.6) is 5.75 Å². The largest absolute Gasteiger partial charge is 0.491 e. The summed E-state index contributed by atoms with van der Waals surface area (Å²) < 4.78 is 47.6. The van der Waals surface area contributed by atoms with Crippen LogP contribution in [0.4, 0.5) is 13.2 Å². The van der Waals surface area contributed by atoms with E-state index in [1.54, 1.807) is 17.0 Å². The Balaban J connectivity index is 0.00000306. The van der Waals surface area contributed by atoms with Crippen molar-refractivity contribution in [3.63, 3.8) is 0 Å². The van der Waals surface area contributed by atoms with Crippen molar-refractivity contribution in [1.82, 2.24) is 14.8 Å². The number of carbonyl (C=O) groups excluding carboxylic acids is 1. The number of piperidine rings is 1. The van der Waals surface area contributed by atoms with Crippen LogP contribution in [0.2, 0.25) is 0 Å². The van der Waals surface area contributed by atoms with Crippen LogP contribution in [0.1, 0.15) is 62.3 Å². The molecule has 4 rings (SSSR count). The monoisotopic (exact) mass is 451 g/mol. The molecule has 2 aliphatic heterocycles. The first-order valence-electron chi connectivity index (χ1n) is 11.1. The highest BCUT2D eigenvalue weighted by atomic mass is 19.4. The number of hydrogen-bond donors (Lipinski definition) is 1. The summed E-state index contributed by atoms with van der Waals surface area (Å²) in [7, 11) is 0. The van der Waals surface area contributed by atoms with Gasteiger partial charge in [0.25, 0.3) is 5.91 Å². The summed E-state index contributed by atoms with van der Waals surface area (Å²) in [6.07, 6.45) is -3.19. The number of nitrogens with zero attached hydrogens (tertiary/aromatic N) is 2. The van der Waals surface area contributed by atoms with Gasteiger partial charge in [-0.1, -0.05) is 0 Å². The average Bonchev–Trinajstić information content (AvgIpc) is 3.14. The molecule has 1 N–H and O–H groups in total. The fraction of sp³-hybridized carbons (Fsp3) is 0.542. The van der Waals surface area contributed by atoms with Crippen LogP contribution in [0.15, 0.2) is 30.3 Å². The van der Waals surface area contributed by atoms with Crippen molar-refractivity contribution < 1.29 is 24.1 Å². The second kappa shape index (κ2) is 8.14. The number of halogens is 3. The quantitative estimate of drug-likeness (QED) is 0.717. The van der Waals surface area contributed by atoms with Crippen LogP contribution in [0, 0.1) is 6.92 Å². The van der Waals surface area contributed by atoms with Gasteiger partial charge in [-0.25, -0.2) is 0 Å². The Kier molecular flexibility index (Phi) is 5.77. The van der Waals surface area contributed by atoms with Crippen LogP contribution in [0.25, 0.3) is 0 Å². The Labute approximate surface area is 188 Å². The van der Waals surface area contributed by atoms with Crippen molar-refractivity contribution in [2.75, 3.05) is 13.1 Å². The third-order valence-electron chi connectivity index (χ3n) is 6.43. The summed E-state index contributed by atoms with van der Waals surface area (Å²) in [5, 5.41) is 3.54. The number of benzene rings is 1. The smallest absolute Gasteiger partial charge is 0.431 e. The van der Waals surface area contributed by atoms with E-state index in [0.717, 1.165) is 11.3 Å². The van der Waals surface area contributed by atoms with Gasteiger partial charge in [0.15, 0.2) is 0 Å². The molecule has 8 heteroatoms. The number of carbonyl (C=O) groups is 1. The van der Waals surface area contributed by atoms with Gasteiger partial charge < -0.3 is 19.5 Å². The van der Waals surface area contributed by atoms with Crippen molar-refractivity contribution >= 4 is 5.91 Å². The zero-order valence-electron chi connectivity index (χ0n) is 18.9. The molecule has 2 aromatic rings. The molecule has 0 saturated carbocycles. The Morgan fingerprint density at radius 1 is 1.22 bits per heavy atom. The SMILES string of the molecule is Cc1cc(C(=O)N2CCC3(CC2)NC(C)Cn2c(C(F)(F)F)ccc23)ccc1OC(C)C.[HH]. The van der Waals surface area contributed by atoms with E-state index >= 15 is 0 Å². The lowest BCUT2D eigenvalue weighted by Gasteiger charge is -2.47. The maximum atomic E-state index is 13.5. The van der Waals surface area contributed by atoms with Crippen LogP contribution in [0.3, 0.4) is 0 Å². The molecular formula is C24H32F3N3O2. The van der Waals surface area contributed by atoms with Gasteiger partial charge in [0, 0.05) is 38.4 Å². The third kappa shape index (κ3) is 4.12. The van der Waals surface area contributed by atoms with Crippen LogP contribution >= 0.6 is 0 Å². The van der Waals surface area contributed by atoms with E-state index in [1.807, 2.05) is 39.8 Å². The zero-order valence-corrected chi connectivity index (χ0v) is 18.9. The average molecular weight is 452 g/mol. The van der Waals surface area contributed by atoms with Gasteiger partial charge in [0.05, 0.1) is 11.6 Å². The lowest BCUT2D eigenvalue weighted by molar-refractivity contribution is -0.144. The topological polar surface area (TPSA) is 46.5 Å². The van der Waals surface area contributed by atoms with Crippen molar-refractivity contribution in [2.45, 2.75) is 70.9 Å². The van der Waals surface area contributed by atoms with Gasteiger partial charge in [-0.05, 0) is 76.4 Å². The van der Waals surface area contributed by atoms with Crippen molar-refractivity contribution in [3.8, 4) is 5.75 Å². The van der Waals surface area contributed by atoms with Crippen LogP contribution < -0.4 is 10.1 Å². The molecule has 1 fully saturated rings. The molecule has 3 heterocycles. The highest BCUT2D eigenvalue weighted by Crippen LogP contribution is 2.41. The van der Waals surface area contributed by atoms with Crippen molar-refractivity contribution in [1.29, 1.82) is 0 Å². The van der Waals surface area contributed by atoms with Crippen molar-refractivity contribution in [3.05, 3.63) is 52.8 Å². The van der Waals surface area contributed by atoms with Crippen LogP contribution in [-0.2, 0) is 18.3 Å². The maximum absolute atomic E-state index is 13.5. The van der Waals surface area contributed by atoms with E-state index in [9.17, 15) is 18.0 Å². The number of aromatic nitrogens is 1. The lowest BCUT2D eigenvalue weighted by Crippen LogP contribution is -2.59. The fourth-order valence-electron chi connectivity index (χ4n) is 5.04. The number of likely N-dealkylation sites (tertiary alicyclic amines) is 1. The summed E-state index contributed by atoms with van der Waals surface area (Å²) in [5.74, 6) is 0.699. The highest BCUT2D eigenvalue weighted by molar-refractivity contribution is 5.94. The molecule has 176 valence electrons. The number of rotatable bonds is 3. The molecule has 0 aliphatic carbocycles. The zero-order chi connectivity index (χ0) is 23.3. The number of hydrogen-bond acceptors (Lipinski definition) is 3. The van der Waals surface area contributed by atoms with E-state index in [2.05, 4.69) is 5.32 Å². The lowest BCUT2D eigenvalue weighted by atomic mass is 9.82. The number of aryl methyl sites for hydroxylation is 1. The van der Waals surface area contributed by atoms with Gasteiger partial charge in [0.1, 0.15) is 11.4 Å². The number of fused-ring (bicyclic) bond motifs is 2. The minimum Gasteiger partial charge on any atom is -0.491 e. The first-order chi connectivity index (χ1) is 15.0. The Hall–Kier alpha value is -2.48. The van der Waals surface area contributed by atoms with E-state index < -0.39 is 17.4 Å². The second-order valence-electron chi connectivity index (χ2n) is 9.28. The Bertz CT molecular complexity index is 1010. The number of ether oxygens (including phenoxy) is 1. The molecule has 1 amide bonds. The van der Waals surface area contributed by atoms with E-state index in [1.165, 1.54) is 10.6 Å². The van der Waals surface area contributed by atoms with Gasteiger partial charge in [-0.15, -0.1) is 0 Å². The summed E-state index contributed by atoms with van der Waals surface area (Å²) in [6, 6.07) is 8.12. The number of alkyl halides is 3. The third-order valence-corrected chi connectivity index (χ3v) is 6.43. The molecule has 1 aromatic carbocycles. The Morgan fingerprint density at radius 2 is 1.91 bits per heavy atom. The first-order valence-corrected chi connectivity index (χ1v) is 11.1. The van der Waals surface area contributed by atoms with Crippen LogP contribution in [-0.4, -0.2) is 40.6 Å². The van der Waals surface area contributed by atoms with Gasteiger partial charge in [0.2, 0.25) is 0 Å². The standard InChI is InChI=1S/C24H30F3N3O2.H2/c1-15(2)32-19-6-5-18(13-16(19)3)22(31)29-11-9-23(10-12-29)20-7-8-21(24(25,26)27)30(20)14-17(4)28-23;/h5-8,13,15,17,28H,9-12,14H2,1-4H3;1H. The predicted molar refractivity (Wildman–Crippen MR) is 118 cm³/mol. The van der Waals surface area contributed by atoms with Gasteiger partial charge in [-0.3, -0.25) is 4.79 Å². The molecule has 1 aromatic heterocycles. The second-order valence-corrected chi connectivity index (χ2v) is 9.28. The summed E-state index contributed by atoms with van der Waals surface area (Å²) in [6.45, 7) is 8.98.